The molecule has 0 spiro atoms. The maximum absolute atomic E-state index is 13.5. The van der Waals surface area contributed by atoms with Crippen LogP contribution in [0.25, 0.3) is 0 Å². The highest BCUT2D eigenvalue weighted by molar-refractivity contribution is 5.75. The van der Waals surface area contributed by atoms with Gasteiger partial charge in [-0.2, -0.15) is 0 Å². The van der Waals surface area contributed by atoms with Crippen molar-refractivity contribution in [1.82, 2.24) is 5.32 Å². The lowest BCUT2D eigenvalue weighted by molar-refractivity contribution is -0.140. The second-order valence-electron chi connectivity index (χ2n) is 3.88. The van der Waals surface area contributed by atoms with Crippen molar-refractivity contribution in [1.29, 1.82) is 0 Å². The SMILES string of the molecule is CCC(C)NC(C(=O)O)c1c(F)cccc1F. The van der Waals surface area contributed by atoms with Crippen molar-refractivity contribution in [2.75, 3.05) is 0 Å². The number of hydrogen-bond acceptors (Lipinski definition) is 2. The molecule has 2 unspecified atom stereocenters. The fourth-order valence-electron chi connectivity index (χ4n) is 1.47. The van der Waals surface area contributed by atoms with E-state index in [1.54, 1.807) is 6.92 Å². The molecule has 0 aliphatic rings. The van der Waals surface area contributed by atoms with Crippen LogP contribution in [0.4, 0.5) is 8.78 Å². The number of carboxylic acid groups (broad SMARTS) is 1. The highest BCUT2D eigenvalue weighted by atomic mass is 19.1. The van der Waals surface area contributed by atoms with E-state index in [2.05, 4.69) is 5.32 Å². The zero-order valence-corrected chi connectivity index (χ0v) is 9.71. The predicted octanol–water partition coefficient (Wildman–Crippen LogP) is 2.48. The molecule has 0 aliphatic heterocycles. The zero-order valence-electron chi connectivity index (χ0n) is 9.71. The van der Waals surface area contributed by atoms with E-state index in [-0.39, 0.29) is 6.04 Å². The van der Waals surface area contributed by atoms with Crippen molar-refractivity contribution in [2.45, 2.75) is 32.4 Å². The summed E-state index contributed by atoms with van der Waals surface area (Å²) < 4.78 is 26.9. The summed E-state index contributed by atoms with van der Waals surface area (Å²) in [4.78, 5) is 11.1. The van der Waals surface area contributed by atoms with Gasteiger partial charge in [0.25, 0.3) is 0 Å². The molecule has 0 saturated carbocycles. The predicted molar refractivity (Wildman–Crippen MR) is 59.6 cm³/mol. The Morgan fingerprint density at radius 2 is 1.94 bits per heavy atom. The zero-order chi connectivity index (χ0) is 13.0. The minimum Gasteiger partial charge on any atom is -0.480 e. The van der Waals surface area contributed by atoms with E-state index in [1.807, 2.05) is 6.92 Å². The van der Waals surface area contributed by atoms with Crippen LogP contribution in [0.15, 0.2) is 18.2 Å². The first-order valence-electron chi connectivity index (χ1n) is 5.40. The third kappa shape index (κ3) is 3.23. The summed E-state index contributed by atoms with van der Waals surface area (Å²) >= 11 is 0. The van der Waals surface area contributed by atoms with Gasteiger partial charge in [-0.1, -0.05) is 13.0 Å². The second kappa shape index (κ2) is 5.72. The molecule has 1 aromatic rings. The van der Waals surface area contributed by atoms with Crippen LogP contribution in [0.5, 0.6) is 0 Å². The number of rotatable bonds is 5. The smallest absolute Gasteiger partial charge is 0.325 e. The van der Waals surface area contributed by atoms with Gasteiger partial charge in [-0.15, -0.1) is 0 Å². The van der Waals surface area contributed by atoms with Gasteiger partial charge < -0.3 is 5.11 Å². The average molecular weight is 243 g/mol. The van der Waals surface area contributed by atoms with Crippen molar-refractivity contribution in [3.05, 3.63) is 35.4 Å². The number of carbonyl (C=O) groups is 1. The van der Waals surface area contributed by atoms with Gasteiger partial charge in [0.1, 0.15) is 17.7 Å². The number of nitrogens with one attached hydrogen (secondary N) is 1. The van der Waals surface area contributed by atoms with Crippen molar-refractivity contribution in [3.8, 4) is 0 Å². The molecule has 0 fully saturated rings. The fourth-order valence-corrected chi connectivity index (χ4v) is 1.47. The summed E-state index contributed by atoms with van der Waals surface area (Å²) in [5.41, 5.74) is -0.444. The highest BCUT2D eigenvalue weighted by Crippen LogP contribution is 2.21. The molecule has 1 rings (SSSR count). The Hall–Kier alpha value is -1.49. The summed E-state index contributed by atoms with van der Waals surface area (Å²) in [6, 6.07) is 1.79. The Kier molecular flexibility index (Phi) is 4.57. The van der Waals surface area contributed by atoms with E-state index in [0.29, 0.717) is 6.42 Å². The lowest BCUT2D eigenvalue weighted by Crippen LogP contribution is -2.36. The standard InChI is InChI=1S/C12H15F2NO2/c1-3-7(2)15-11(12(16)17)10-8(13)5-4-6-9(10)14/h4-7,11,15H,3H2,1-2H3,(H,16,17). The average Bonchev–Trinajstić information content (AvgIpc) is 2.26. The van der Waals surface area contributed by atoms with Crippen molar-refractivity contribution >= 4 is 5.97 Å². The van der Waals surface area contributed by atoms with Gasteiger partial charge in [-0.05, 0) is 25.5 Å². The van der Waals surface area contributed by atoms with Gasteiger partial charge in [0.2, 0.25) is 0 Å². The summed E-state index contributed by atoms with van der Waals surface area (Å²) in [7, 11) is 0. The van der Waals surface area contributed by atoms with Gasteiger partial charge in [0.05, 0.1) is 5.56 Å². The van der Waals surface area contributed by atoms with Crippen LogP contribution < -0.4 is 5.32 Å². The van der Waals surface area contributed by atoms with E-state index < -0.39 is 29.2 Å². The Morgan fingerprint density at radius 1 is 1.41 bits per heavy atom. The Balaban J connectivity index is 3.10. The molecule has 0 amide bonds. The number of benzene rings is 1. The van der Waals surface area contributed by atoms with Crippen LogP contribution in [0.1, 0.15) is 31.9 Å². The fraction of sp³-hybridized carbons (Fsp3) is 0.417. The maximum Gasteiger partial charge on any atom is 0.325 e. The largest absolute Gasteiger partial charge is 0.480 e. The molecule has 3 nitrogen and oxygen atoms in total. The Morgan fingerprint density at radius 3 is 2.35 bits per heavy atom. The molecule has 17 heavy (non-hydrogen) atoms. The molecule has 0 saturated heterocycles. The van der Waals surface area contributed by atoms with Crippen molar-refractivity contribution in [3.63, 3.8) is 0 Å². The molecule has 0 aliphatic carbocycles. The maximum atomic E-state index is 13.5. The van der Waals surface area contributed by atoms with E-state index in [9.17, 15) is 13.6 Å². The summed E-state index contributed by atoms with van der Waals surface area (Å²) in [5, 5.41) is 11.7. The van der Waals surface area contributed by atoms with Gasteiger partial charge in [0, 0.05) is 6.04 Å². The molecule has 94 valence electrons. The molecule has 5 heteroatoms. The molecule has 1 aromatic carbocycles. The number of carboxylic acids is 1. The third-order valence-corrected chi connectivity index (χ3v) is 2.60. The van der Waals surface area contributed by atoms with Crippen LogP contribution in [-0.2, 0) is 4.79 Å². The molecule has 0 aromatic heterocycles. The van der Waals surface area contributed by atoms with Gasteiger partial charge >= 0.3 is 5.97 Å². The minimum absolute atomic E-state index is 0.143. The van der Waals surface area contributed by atoms with Crippen molar-refractivity contribution < 1.29 is 18.7 Å². The van der Waals surface area contributed by atoms with E-state index in [0.717, 1.165) is 12.1 Å². The monoisotopic (exact) mass is 243 g/mol. The minimum atomic E-state index is -1.37. The van der Waals surface area contributed by atoms with Crippen LogP contribution in [0.3, 0.4) is 0 Å². The van der Waals surface area contributed by atoms with E-state index >= 15 is 0 Å². The summed E-state index contributed by atoms with van der Waals surface area (Å²) in [6.07, 6.45) is 0.667. The quantitative estimate of drug-likeness (QED) is 0.835. The topological polar surface area (TPSA) is 49.3 Å². The normalized spacial score (nSPS) is 14.4. The molecule has 2 N–H and O–H groups in total. The Bertz CT molecular complexity index is 389. The second-order valence-corrected chi connectivity index (χ2v) is 3.88. The van der Waals surface area contributed by atoms with Crippen molar-refractivity contribution in [2.24, 2.45) is 0 Å². The molecule has 0 heterocycles. The highest BCUT2D eigenvalue weighted by Gasteiger charge is 2.27. The Labute approximate surface area is 98.5 Å². The van der Waals surface area contributed by atoms with Crippen LogP contribution >= 0.6 is 0 Å². The molecule has 0 radical (unpaired) electrons. The molecule has 0 bridgehead atoms. The lowest BCUT2D eigenvalue weighted by Gasteiger charge is -2.20. The lowest BCUT2D eigenvalue weighted by atomic mass is 10.0. The first kappa shape index (κ1) is 13.6. The molecule has 2 atom stereocenters. The third-order valence-electron chi connectivity index (χ3n) is 2.60. The number of halogens is 2. The summed E-state index contributed by atoms with van der Waals surface area (Å²) in [6.45, 7) is 3.61. The van der Waals surface area contributed by atoms with Gasteiger partial charge in [-0.3, -0.25) is 10.1 Å². The molecular weight excluding hydrogens is 228 g/mol. The molecular formula is C12H15F2NO2. The van der Waals surface area contributed by atoms with Crippen LogP contribution in [0, 0.1) is 11.6 Å². The number of aliphatic carboxylic acids is 1. The van der Waals surface area contributed by atoms with Crippen LogP contribution in [-0.4, -0.2) is 17.1 Å². The van der Waals surface area contributed by atoms with Gasteiger partial charge in [-0.25, -0.2) is 8.78 Å². The van der Waals surface area contributed by atoms with E-state index in [1.165, 1.54) is 6.07 Å². The van der Waals surface area contributed by atoms with E-state index in [4.69, 9.17) is 5.11 Å². The first-order chi connectivity index (χ1) is 7.97. The first-order valence-corrected chi connectivity index (χ1v) is 5.40. The number of hydrogen-bond donors (Lipinski definition) is 2. The van der Waals surface area contributed by atoms with Crippen LogP contribution in [0.2, 0.25) is 0 Å². The van der Waals surface area contributed by atoms with Gasteiger partial charge in [0.15, 0.2) is 0 Å². The summed E-state index contributed by atoms with van der Waals surface area (Å²) in [5.74, 6) is -3.00.